The Morgan fingerprint density at radius 1 is 1.53 bits per heavy atom. The fraction of sp³-hybridized carbons (Fsp3) is 0.615. The van der Waals surface area contributed by atoms with Gasteiger partial charge in [-0.15, -0.1) is 12.3 Å². The number of hydrogen-bond acceptors (Lipinski definition) is 2. The molecule has 0 aliphatic rings. The summed E-state index contributed by atoms with van der Waals surface area (Å²) in [6, 6.07) is 0. The van der Waals surface area contributed by atoms with Crippen molar-refractivity contribution in [3.63, 3.8) is 0 Å². The van der Waals surface area contributed by atoms with Crippen LogP contribution in [0.25, 0.3) is 0 Å². The van der Waals surface area contributed by atoms with Crippen LogP contribution in [-0.4, -0.2) is 12.6 Å². The summed E-state index contributed by atoms with van der Waals surface area (Å²) in [7, 11) is 0. The predicted molar refractivity (Wildman–Crippen MR) is 62.2 cm³/mol. The van der Waals surface area contributed by atoms with E-state index < -0.39 is 5.41 Å². The Bertz CT molecular complexity index is 260. The topological polar surface area (TPSA) is 26.3 Å². The average Bonchev–Trinajstić information content (AvgIpc) is 2.24. The van der Waals surface area contributed by atoms with Crippen LogP contribution in [0.4, 0.5) is 0 Å². The molecule has 2 heteroatoms. The zero-order chi connectivity index (χ0) is 11.7. The van der Waals surface area contributed by atoms with E-state index in [1.54, 1.807) is 0 Å². The molecule has 0 aromatic rings. The van der Waals surface area contributed by atoms with Crippen LogP contribution in [-0.2, 0) is 9.53 Å². The number of hydrogen-bond donors (Lipinski definition) is 0. The van der Waals surface area contributed by atoms with Crippen molar-refractivity contribution < 1.29 is 9.53 Å². The maximum atomic E-state index is 11.8. The molecule has 15 heavy (non-hydrogen) atoms. The van der Waals surface area contributed by atoms with Gasteiger partial charge in [0.05, 0.1) is 12.0 Å². The van der Waals surface area contributed by atoms with Gasteiger partial charge in [-0.2, -0.15) is 0 Å². The summed E-state index contributed by atoms with van der Waals surface area (Å²) in [6.45, 7) is 6.12. The summed E-state index contributed by atoms with van der Waals surface area (Å²) in [5.74, 6) is 2.40. The molecule has 0 saturated carbocycles. The molecule has 0 aliphatic carbocycles. The Kier molecular flexibility index (Phi) is 6.53. The minimum atomic E-state index is -0.530. The van der Waals surface area contributed by atoms with Crippen molar-refractivity contribution in [3.05, 3.63) is 12.2 Å². The van der Waals surface area contributed by atoms with E-state index in [9.17, 15) is 4.79 Å². The highest BCUT2D eigenvalue weighted by Crippen LogP contribution is 2.32. The van der Waals surface area contributed by atoms with Crippen molar-refractivity contribution in [1.29, 1.82) is 0 Å². The first-order valence-corrected chi connectivity index (χ1v) is 5.38. The Balaban J connectivity index is 4.79. The van der Waals surface area contributed by atoms with Gasteiger partial charge in [-0.05, 0) is 26.7 Å². The predicted octanol–water partition coefficient (Wildman–Crippen LogP) is 2.94. The highest BCUT2D eigenvalue weighted by molar-refractivity contribution is 5.77. The van der Waals surface area contributed by atoms with Gasteiger partial charge in [-0.25, -0.2) is 0 Å². The van der Waals surface area contributed by atoms with Gasteiger partial charge in [0, 0.05) is 6.42 Å². The lowest BCUT2D eigenvalue weighted by atomic mass is 9.79. The molecule has 2 nitrogen and oxygen atoms in total. The van der Waals surface area contributed by atoms with Crippen molar-refractivity contribution in [3.8, 4) is 12.3 Å². The zero-order valence-electron chi connectivity index (χ0n) is 9.88. The molecule has 0 rings (SSSR count). The first-order valence-electron chi connectivity index (χ1n) is 5.38. The summed E-state index contributed by atoms with van der Waals surface area (Å²) in [4.78, 5) is 11.8. The van der Waals surface area contributed by atoms with Gasteiger partial charge in [0.15, 0.2) is 0 Å². The SMILES string of the molecule is C#CCC(CC)(C/C=C/C)C(=O)OCC. The highest BCUT2D eigenvalue weighted by Gasteiger charge is 2.36. The highest BCUT2D eigenvalue weighted by atomic mass is 16.5. The Hall–Kier alpha value is -1.23. The van der Waals surface area contributed by atoms with Gasteiger partial charge < -0.3 is 4.74 Å². The van der Waals surface area contributed by atoms with Gasteiger partial charge in [0.2, 0.25) is 0 Å². The number of terminal acetylenes is 1. The number of rotatable bonds is 6. The Labute approximate surface area is 92.7 Å². The summed E-state index contributed by atoms with van der Waals surface area (Å²) in [5, 5.41) is 0. The van der Waals surface area contributed by atoms with Gasteiger partial charge >= 0.3 is 5.97 Å². The Morgan fingerprint density at radius 3 is 2.60 bits per heavy atom. The molecule has 0 spiro atoms. The molecule has 0 amide bonds. The maximum absolute atomic E-state index is 11.8. The molecule has 0 bridgehead atoms. The van der Waals surface area contributed by atoms with Crippen LogP contribution in [0.2, 0.25) is 0 Å². The van der Waals surface area contributed by atoms with E-state index in [1.165, 1.54) is 0 Å². The third kappa shape index (κ3) is 3.79. The molecule has 0 N–H and O–H groups in total. The third-order valence-corrected chi connectivity index (χ3v) is 2.57. The van der Waals surface area contributed by atoms with E-state index in [0.29, 0.717) is 25.9 Å². The minimum absolute atomic E-state index is 0.177. The number of esters is 1. The summed E-state index contributed by atoms with van der Waals surface area (Å²) < 4.78 is 5.08. The van der Waals surface area contributed by atoms with Crippen molar-refractivity contribution in [2.24, 2.45) is 5.41 Å². The van der Waals surface area contributed by atoms with Gasteiger partial charge in [0.25, 0.3) is 0 Å². The van der Waals surface area contributed by atoms with Crippen LogP contribution in [0.5, 0.6) is 0 Å². The molecule has 1 atom stereocenters. The van der Waals surface area contributed by atoms with Crippen LogP contribution < -0.4 is 0 Å². The van der Waals surface area contributed by atoms with E-state index in [2.05, 4.69) is 5.92 Å². The van der Waals surface area contributed by atoms with Gasteiger partial charge in [-0.1, -0.05) is 19.1 Å². The molecule has 1 unspecified atom stereocenters. The number of carbonyl (C=O) groups excluding carboxylic acids is 1. The van der Waals surface area contributed by atoms with Crippen molar-refractivity contribution in [1.82, 2.24) is 0 Å². The number of allylic oxidation sites excluding steroid dienone is 2. The lowest BCUT2D eigenvalue weighted by molar-refractivity contribution is -0.155. The lowest BCUT2D eigenvalue weighted by Crippen LogP contribution is -2.31. The van der Waals surface area contributed by atoms with E-state index in [4.69, 9.17) is 11.2 Å². The first kappa shape index (κ1) is 13.8. The Morgan fingerprint density at radius 2 is 2.20 bits per heavy atom. The fourth-order valence-electron chi connectivity index (χ4n) is 1.46. The van der Waals surface area contributed by atoms with Crippen molar-refractivity contribution in [2.75, 3.05) is 6.61 Å². The standard InChI is InChI=1S/C13H20O2/c1-5-9-11-13(7-3,10-6-2)12(14)15-8-4/h2,5,9H,7-8,10-11H2,1,3-4H3/b9-5+. The monoisotopic (exact) mass is 208 g/mol. The van der Waals surface area contributed by atoms with E-state index in [1.807, 2.05) is 32.9 Å². The summed E-state index contributed by atoms with van der Waals surface area (Å²) >= 11 is 0. The van der Waals surface area contributed by atoms with Crippen LogP contribution in [0.15, 0.2) is 12.2 Å². The molecule has 0 saturated heterocycles. The average molecular weight is 208 g/mol. The second-order valence-electron chi connectivity index (χ2n) is 3.51. The van der Waals surface area contributed by atoms with Crippen molar-refractivity contribution >= 4 is 5.97 Å². The lowest BCUT2D eigenvalue weighted by Gasteiger charge is -2.27. The minimum Gasteiger partial charge on any atom is -0.466 e. The van der Waals surface area contributed by atoms with Gasteiger partial charge in [-0.3, -0.25) is 4.79 Å². The van der Waals surface area contributed by atoms with E-state index in [-0.39, 0.29) is 5.97 Å². The van der Waals surface area contributed by atoms with Crippen LogP contribution in [0.3, 0.4) is 0 Å². The second kappa shape index (κ2) is 7.11. The molecular weight excluding hydrogens is 188 g/mol. The molecule has 0 aromatic heterocycles. The molecule has 0 fully saturated rings. The van der Waals surface area contributed by atoms with Crippen LogP contribution in [0.1, 0.15) is 40.0 Å². The smallest absolute Gasteiger partial charge is 0.313 e. The molecule has 0 radical (unpaired) electrons. The van der Waals surface area contributed by atoms with Crippen LogP contribution >= 0.6 is 0 Å². The van der Waals surface area contributed by atoms with Gasteiger partial charge in [0.1, 0.15) is 0 Å². The number of ether oxygens (including phenoxy) is 1. The largest absolute Gasteiger partial charge is 0.466 e. The second-order valence-corrected chi connectivity index (χ2v) is 3.51. The third-order valence-electron chi connectivity index (χ3n) is 2.57. The van der Waals surface area contributed by atoms with E-state index >= 15 is 0 Å². The maximum Gasteiger partial charge on any atom is 0.313 e. The normalized spacial score (nSPS) is 14.5. The molecule has 0 heterocycles. The van der Waals surface area contributed by atoms with Crippen molar-refractivity contribution in [2.45, 2.75) is 40.0 Å². The van der Waals surface area contributed by atoms with E-state index in [0.717, 1.165) is 0 Å². The summed E-state index contributed by atoms with van der Waals surface area (Å²) in [6.07, 6.45) is 11.0. The molecule has 0 aliphatic heterocycles. The fourth-order valence-corrected chi connectivity index (χ4v) is 1.46. The zero-order valence-corrected chi connectivity index (χ0v) is 9.88. The molecular formula is C13H20O2. The van der Waals surface area contributed by atoms with Crippen LogP contribution in [0, 0.1) is 17.8 Å². The summed E-state index contributed by atoms with van der Waals surface area (Å²) in [5.41, 5.74) is -0.530. The molecule has 0 aromatic carbocycles. The molecule has 84 valence electrons. The number of carbonyl (C=O) groups is 1. The first-order chi connectivity index (χ1) is 7.16. The quantitative estimate of drug-likeness (QED) is 0.381.